The van der Waals surface area contributed by atoms with E-state index in [9.17, 15) is 0 Å². The van der Waals surface area contributed by atoms with Crippen LogP contribution in [0.5, 0.6) is 5.75 Å². The van der Waals surface area contributed by atoms with Gasteiger partial charge in [-0.25, -0.2) is 0 Å². The zero-order valence-electron chi connectivity index (χ0n) is 7.96. The molecule has 0 radical (unpaired) electrons. The van der Waals surface area contributed by atoms with Crippen LogP contribution in [0.1, 0.15) is 0 Å². The average Bonchev–Trinajstić information content (AvgIpc) is 2.80. The maximum atomic E-state index is 8.67. The Hall–Kier alpha value is -1.88. The van der Waals surface area contributed by atoms with Crippen molar-refractivity contribution in [2.45, 2.75) is 0 Å². The second kappa shape index (κ2) is 4.56. The number of hydrogen-bond donors (Lipinski definition) is 1. The van der Waals surface area contributed by atoms with E-state index in [4.69, 9.17) is 14.3 Å². The van der Waals surface area contributed by atoms with Crippen molar-refractivity contribution >= 4 is 0 Å². The number of rotatable bonds is 4. The summed E-state index contributed by atoms with van der Waals surface area (Å²) in [6.45, 7) is 0.212. The van der Waals surface area contributed by atoms with E-state index in [2.05, 4.69) is 10.2 Å². The van der Waals surface area contributed by atoms with Gasteiger partial charge in [-0.1, -0.05) is 12.1 Å². The lowest BCUT2D eigenvalue weighted by atomic mass is 10.2. The first-order chi connectivity index (χ1) is 7.42. The highest BCUT2D eigenvalue weighted by molar-refractivity contribution is 5.61. The summed E-state index contributed by atoms with van der Waals surface area (Å²) < 4.78 is 10.4. The average molecular weight is 206 g/mol. The normalized spacial score (nSPS) is 10.2. The summed E-state index contributed by atoms with van der Waals surface area (Å²) in [4.78, 5) is 0. The molecular formula is C10H10N2O3. The highest BCUT2D eigenvalue weighted by Gasteiger charge is 2.09. The molecule has 15 heavy (non-hydrogen) atoms. The Kier molecular flexibility index (Phi) is 2.94. The van der Waals surface area contributed by atoms with Gasteiger partial charge in [0, 0.05) is 0 Å². The molecule has 0 saturated heterocycles. The van der Waals surface area contributed by atoms with Gasteiger partial charge in [0.2, 0.25) is 6.39 Å². The lowest BCUT2D eigenvalue weighted by molar-refractivity contribution is 0.201. The molecule has 1 aromatic carbocycles. The number of para-hydroxylation sites is 1. The number of hydrogen-bond acceptors (Lipinski definition) is 5. The fourth-order valence-corrected chi connectivity index (χ4v) is 1.22. The van der Waals surface area contributed by atoms with Gasteiger partial charge in [0.1, 0.15) is 12.4 Å². The van der Waals surface area contributed by atoms with Crippen molar-refractivity contribution in [2.24, 2.45) is 0 Å². The minimum atomic E-state index is -0.0296. The van der Waals surface area contributed by atoms with Crippen molar-refractivity contribution < 1.29 is 14.3 Å². The fraction of sp³-hybridized carbons (Fsp3) is 0.200. The summed E-state index contributed by atoms with van der Waals surface area (Å²) in [5.74, 6) is 1.03. The van der Waals surface area contributed by atoms with E-state index in [1.165, 1.54) is 6.39 Å². The van der Waals surface area contributed by atoms with Gasteiger partial charge >= 0.3 is 0 Å². The Labute approximate surface area is 86.3 Å². The first-order valence-corrected chi connectivity index (χ1v) is 4.51. The summed E-state index contributed by atoms with van der Waals surface area (Å²) in [6.07, 6.45) is 1.26. The summed E-state index contributed by atoms with van der Waals surface area (Å²) in [7, 11) is 0. The molecule has 1 aromatic heterocycles. The first-order valence-electron chi connectivity index (χ1n) is 4.51. The van der Waals surface area contributed by atoms with E-state index >= 15 is 0 Å². The third-order valence-electron chi connectivity index (χ3n) is 1.83. The van der Waals surface area contributed by atoms with Crippen LogP contribution >= 0.6 is 0 Å². The van der Waals surface area contributed by atoms with Gasteiger partial charge in [0.25, 0.3) is 5.89 Å². The number of aromatic nitrogens is 2. The Balaban J connectivity index is 2.30. The van der Waals surface area contributed by atoms with Crippen LogP contribution in [0.3, 0.4) is 0 Å². The quantitative estimate of drug-likeness (QED) is 0.811. The Bertz CT molecular complexity index is 414. The molecule has 0 bridgehead atoms. The van der Waals surface area contributed by atoms with E-state index in [1.54, 1.807) is 6.07 Å². The summed E-state index contributed by atoms with van der Waals surface area (Å²) in [5, 5.41) is 16.1. The molecule has 0 aliphatic rings. The SMILES string of the molecule is OCCOc1ccccc1-c1nnco1. The third-order valence-corrected chi connectivity index (χ3v) is 1.83. The van der Waals surface area contributed by atoms with Crippen molar-refractivity contribution in [1.82, 2.24) is 10.2 Å². The van der Waals surface area contributed by atoms with Crippen LogP contribution in [0, 0.1) is 0 Å². The third kappa shape index (κ3) is 2.13. The maximum absolute atomic E-state index is 8.67. The van der Waals surface area contributed by atoms with Crippen LogP contribution in [-0.4, -0.2) is 28.5 Å². The Morgan fingerprint density at radius 2 is 2.20 bits per heavy atom. The zero-order valence-corrected chi connectivity index (χ0v) is 7.96. The lowest BCUT2D eigenvalue weighted by Gasteiger charge is -2.06. The number of nitrogens with zero attached hydrogens (tertiary/aromatic N) is 2. The molecule has 2 rings (SSSR count). The molecule has 78 valence electrons. The van der Waals surface area contributed by atoms with Gasteiger partial charge in [0.15, 0.2) is 0 Å². The van der Waals surface area contributed by atoms with Crippen molar-refractivity contribution in [3.63, 3.8) is 0 Å². The molecule has 5 nitrogen and oxygen atoms in total. The van der Waals surface area contributed by atoms with Crippen LogP contribution in [0.4, 0.5) is 0 Å². The van der Waals surface area contributed by atoms with Gasteiger partial charge < -0.3 is 14.3 Å². The summed E-state index contributed by atoms with van der Waals surface area (Å²) >= 11 is 0. The minimum Gasteiger partial charge on any atom is -0.490 e. The topological polar surface area (TPSA) is 68.4 Å². The largest absolute Gasteiger partial charge is 0.490 e. The number of ether oxygens (including phenoxy) is 1. The van der Waals surface area contributed by atoms with Gasteiger partial charge in [-0.3, -0.25) is 0 Å². The van der Waals surface area contributed by atoms with Gasteiger partial charge in [-0.05, 0) is 12.1 Å². The summed E-state index contributed by atoms with van der Waals surface area (Å²) in [6, 6.07) is 7.30. The minimum absolute atomic E-state index is 0.0296. The van der Waals surface area contributed by atoms with Crippen molar-refractivity contribution in [2.75, 3.05) is 13.2 Å². The second-order valence-electron chi connectivity index (χ2n) is 2.81. The van der Waals surface area contributed by atoms with Gasteiger partial charge in [-0.15, -0.1) is 10.2 Å². The molecule has 0 spiro atoms. The molecule has 0 aliphatic carbocycles. The fourth-order valence-electron chi connectivity index (χ4n) is 1.22. The molecule has 0 atom stereocenters. The van der Waals surface area contributed by atoms with Crippen LogP contribution in [0.15, 0.2) is 35.1 Å². The second-order valence-corrected chi connectivity index (χ2v) is 2.81. The molecule has 1 heterocycles. The zero-order chi connectivity index (χ0) is 10.5. The molecule has 1 N–H and O–H groups in total. The van der Waals surface area contributed by atoms with Crippen LogP contribution in [0.2, 0.25) is 0 Å². The van der Waals surface area contributed by atoms with Crippen LogP contribution < -0.4 is 4.74 Å². The predicted molar refractivity (Wildman–Crippen MR) is 52.3 cm³/mol. The van der Waals surface area contributed by atoms with Crippen molar-refractivity contribution in [3.05, 3.63) is 30.7 Å². The Morgan fingerprint density at radius 1 is 1.33 bits per heavy atom. The molecule has 0 aliphatic heterocycles. The predicted octanol–water partition coefficient (Wildman–Crippen LogP) is 1.11. The van der Waals surface area contributed by atoms with E-state index < -0.39 is 0 Å². The van der Waals surface area contributed by atoms with E-state index in [0.29, 0.717) is 11.6 Å². The smallest absolute Gasteiger partial charge is 0.251 e. The van der Waals surface area contributed by atoms with E-state index in [0.717, 1.165) is 5.56 Å². The van der Waals surface area contributed by atoms with Crippen LogP contribution in [-0.2, 0) is 0 Å². The van der Waals surface area contributed by atoms with Gasteiger partial charge in [0.05, 0.1) is 12.2 Å². The van der Waals surface area contributed by atoms with Crippen molar-refractivity contribution in [1.29, 1.82) is 0 Å². The maximum Gasteiger partial charge on any atom is 0.251 e. The van der Waals surface area contributed by atoms with Crippen molar-refractivity contribution in [3.8, 4) is 17.2 Å². The molecule has 0 unspecified atom stereocenters. The summed E-state index contributed by atoms with van der Waals surface area (Å²) in [5.41, 5.74) is 0.725. The highest BCUT2D eigenvalue weighted by Crippen LogP contribution is 2.27. The molecule has 0 amide bonds. The number of aliphatic hydroxyl groups is 1. The van der Waals surface area contributed by atoms with Gasteiger partial charge in [-0.2, -0.15) is 0 Å². The van der Waals surface area contributed by atoms with E-state index in [1.807, 2.05) is 18.2 Å². The molecule has 2 aromatic rings. The monoisotopic (exact) mass is 206 g/mol. The number of benzene rings is 1. The van der Waals surface area contributed by atoms with E-state index in [-0.39, 0.29) is 13.2 Å². The Morgan fingerprint density at radius 3 is 2.93 bits per heavy atom. The molecule has 0 fully saturated rings. The standard InChI is InChI=1S/C10H10N2O3/c13-5-6-14-9-4-2-1-3-8(9)10-12-11-7-15-10/h1-4,7,13H,5-6H2. The lowest BCUT2D eigenvalue weighted by Crippen LogP contribution is -2.02. The highest BCUT2D eigenvalue weighted by atomic mass is 16.5. The molecule has 5 heteroatoms. The molecular weight excluding hydrogens is 196 g/mol. The van der Waals surface area contributed by atoms with Crippen LogP contribution in [0.25, 0.3) is 11.5 Å². The number of aliphatic hydroxyl groups excluding tert-OH is 1. The first kappa shape index (κ1) is 9.67. The molecule has 0 saturated carbocycles.